The van der Waals surface area contributed by atoms with Crippen molar-refractivity contribution >= 4 is 5.97 Å². The molecular weight excluding hydrogens is 148 g/mol. The molecule has 11 heavy (non-hydrogen) atoms. The van der Waals surface area contributed by atoms with E-state index in [1.54, 1.807) is 6.07 Å². The Labute approximate surface area is 64.0 Å². The van der Waals surface area contributed by atoms with Gasteiger partial charge in [0.1, 0.15) is 6.04 Å². The zero-order chi connectivity index (χ0) is 8.85. The number of aliphatic hydroxyl groups excluding tert-OH is 1. The first-order chi connectivity index (χ1) is 5.09. The smallest absolute Gasteiger partial charge is 0.323 e. The average molecular weight is 158 g/mol. The normalized spacial score (nSPS) is 15.0. The molecule has 5 heteroatoms. The number of aliphatic hydroxyl groups is 1. The van der Waals surface area contributed by atoms with Gasteiger partial charge in [-0.15, -0.1) is 0 Å². The molecule has 0 spiro atoms. The Morgan fingerprint density at radius 3 is 2.64 bits per heavy atom. The van der Waals surface area contributed by atoms with Gasteiger partial charge in [-0.2, -0.15) is 5.26 Å². The van der Waals surface area contributed by atoms with Gasteiger partial charge in [-0.05, 0) is 6.42 Å². The molecule has 0 fully saturated rings. The summed E-state index contributed by atoms with van der Waals surface area (Å²) in [5.74, 6) is -1.25. The lowest BCUT2D eigenvalue weighted by Gasteiger charge is -2.12. The quantitative estimate of drug-likeness (QED) is 0.489. The number of rotatable bonds is 4. The minimum absolute atomic E-state index is 0.101. The van der Waals surface area contributed by atoms with E-state index in [0.29, 0.717) is 0 Å². The fraction of sp³-hybridized carbons (Fsp3) is 0.667. The topological polar surface area (TPSA) is 107 Å². The van der Waals surface area contributed by atoms with Gasteiger partial charge in [0.05, 0.1) is 12.2 Å². The maximum atomic E-state index is 10.1. The zero-order valence-electron chi connectivity index (χ0n) is 5.90. The van der Waals surface area contributed by atoms with Crippen LogP contribution in [0.3, 0.4) is 0 Å². The number of nitriles is 1. The maximum Gasteiger partial charge on any atom is 0.323 e. The molecule has 5 nitrogen and oxygen atoms in total. The average Bonchev–Trinajstić information content (AvgIpc) is 1.98. The third-order valence-corrected chi connectivity index (χ3v) is 1.25. The standard InChI is InChI=1S/C6H10N2O3/c7-3-1-2-4(9)5(8)6(10)11/h4-5,9H,1-2,8H2,(H,10,11)/t4-,5-/m0/s1. The Balaban J connectivity index is 3.75. The number of nitrogens with zero attached hydrogens (tertiary/aromatic N) is 1. The van der Waals surface area contributed by atoms with E-state index in [1.807, 2.05) is 0 Å². The highest BCUT2D eigenvalue weighted by molar-refractivity contribution is 5.73. The number of nitrogens with two attached hydrogens (primary N) is 1. The molecule has 0 aliphatic heterocycles. The predicted octanol–water partition coefficient (Wildman–Crippen LogP) is -0.937. The van der Waals surface area contributed by atoms with Gasteiger partial charge >= 0.3 is 5.97 Å². The second-order valence-electron chi connectivity index (χ2n) is 2.13. The van der Waals surface area contributed by atoms with Crippen molar-refractivity contribution in [2.75, 3.05) is 0 Å². The number of hydrogen-bond acceptors (Lipinski definition) is 4. The molecule has 0 rings (SSSR count). The fourth-order valence-electron chi connectivity index (χ4n) is 0.557. The monoisotopic (exact) mass is 158 g/mol. The molecule has 0 saturated heterocycles. The predicted molar refractivity (Wildman–Crippen MR) is 36.5 cm³/mol. The van der Waals surface area contributed by atoms with E-state index >= 15 is 0 Å². The molecule has 4 N–H and O–H groups in total. The molecule has 0 aromatic carbocycles. The summed E-state index contributed by atoms with van der Waals surface area (Å²) in [6, 6.07) is 0.495. The van der Waals surface area contributed by atoms with Crippen molar-refractivity contribution in [3.05, 3.63) is 0 Å². The number of carboxylic acids is 1. The van der Waals surface area contributed by atoms with Crippen LogP contribution in [0, 0.1) is 11.3 Å². The fourth-order valence-corrected chi connectivity index (χ4v) is 0.557. The zero-order valence-corrected chi connectivity index (χ0v) is 5.90. The Kier molecular flexibility index (Phi) is 4.18. The Morgan fingerprint density at radius 2 is 2.27 bits per heavy atom. The van der Waals surface area contributed by atoms with Crippen molar-refractivity contribution in [2.24, 2.45) is 5.73 Å². The summed E-state index contributed by atoms with van der Waals surface area (Å²) in [4.78, 5) is 10.1. The second kappa shape index (κ2) is 4.66. The van der Waals surface area contributed by atoms with Crippen LogP contribution in [-0.4, -0.2) is 28.3 Å². The molecule has 0 bridgehead atoms. The van der Waals surface area contributed by atoms with Crippen LogP contribution in [0.25, 0.3) is 0 Å². The Bertz CT molecular complexity index is 175. The number of aliphatic carboxylic acids is 1. The van der Waals surface area contributed by atoms with Crippen LogP contribution in [0.5, 0.6) is 0 Å². The van der Waals surface area contributed by atoms with E-state index in [4.69, 9.17) is 21.2 Å². The van der Waals surface area contributed by atoms with Crippen molar-refractivity contribution in [1.82, 2.24) is 0 Å². The molecule has 0 aliphatic carbocycles. The highest BCUT2D eigenvalue weighted by Gasteiger charge is 2.20. The van der Waals surface area contributed by atoms with Crippen LogP contribution in [0.2, 0.25) is 0 Å². The third kappa shape index (κ3) is 3.55. The lowest BCUT2D eigenvalue weighted by molar-refractivity contribution is -0.141. The van der Waals surface area contributed by atoms with E-state index in [2.05, 4.69) is 0 Å². The van der Waals surface area contributed by atoms with Crippen LogP contribution in [0.15, 0.2) is 0 Å². The number of carboxylic acid groups (broad SMARTS) is 1. The maximum absolute atomic E-state index is 10.1. The van der Waals surface area contributed by atoms with Crippen LogP contribution in [0.4, 0.5) is 0 Å². The van der Waals surface area contributed by atoms with Gasteiger partial charge in [0, 0.05) is 6.42 Å². The lowest BCUT2D eigenvalue weighted by Crippen LogP contribution is -2.41. The summed E-state index contributed by atoms with van der Waals surface area (Å²) in [5, 5.41) is 25.3. The Morgan fingerprint density at radius 1 is 1.73 bits per heavy atom. The Hall–Kier alpha value is -1.12. The minimum atomic E-state index is -1.29. The van der Waals surface area contributed by atoms with Crippen LogP contribution < -0.4 is 5.73 Å². The molecule has 2 atom stereocenters. The number of carbonyl (C=O) groups is 1. The van der Waals surface area contributed by atoms with Crippen molar-refractivity contribution in [3.8, 4) is 6.07 Å². The summed E-state index contributed by atoms with van der Waals surface area (Å²) < 4.78 is 0. The van der Waals surface area contributed by atoms with Crippen LogP contribution in [0.1, 0.15) is 12.8 Å². The van der Waals surface area contributed by atoms with Crippen molar-refractivity contribution in [3.63, 3.8) is 0 Å². The van der Waals surface area contributed by atoms with E-state index in [1.165, 1.54) is 0 Å². The second-order valence-corrected chi connectivity index (χ2v) is 2.13. The first-order valence-electron chi connectivity index (χ1n) is 3.13. The summed E-state index contributed by atoms with van der Waals surface area (Å²) >= 11 is 0. The van der Waals surface area contributed by atoms with Gasteiger partial charge in [0.2, 0.25) is 0 Å². The van der Waals surface area contributed by atoms with Crippen molar-refractivity contribution in [1.29, 1.82) is 5.26 Å². The van der Waals surface area contributed by atoms with Gasteiger partial charge in [0.15, 0.2) is 0 Å². The minimum Gasteiger partial charge on any atom is -0.480 e. The molecule has 0 unspecified atom stereocenters. The van der Waals surface area contributed by atoms with Gasteiger partial charge < -0.3 is 15.9 Å². The lowest BCUT2D eigenvalue weighted by atomic mass is 10.1. The number of hydrogen-bond donors (Lipinski definition) is 3. The third-order valence-electron chi connectivity index (χ3n) is 1.25. The molecule has 0 amide bonds. The van der Waals surface area contributed by atoms with Gasteiger partial charge in [-0.25, -0.2) is 0 Å². The molecule has 0 saturated carbocycles. The summed E-state index contributed by atoms with van der Waals surface area (Å²) in [7, 11) is 0. The highest BCUT2D eigenvalue weighted by Crippen LogP contribution is 1.99. The molecule has 0 heterocycles. The van der Waals surface area contributed by atoms with E-state index in [9.17, 15) is 4.79 Å². The molecular formula is C6H10N2O3. The van der Waals surface area contributed by atoms with E-state index in [-0.39, 0.29) is 12.8 Å². The highest BCUT2D eigenvalue weighted by atomic mass is 16.4. The molecule has 0 radical (unpaired) electrons. The van der Waals surface area contributed by atoms with Gasteiger partial charge in [0.25, 0.3) is 0 Å². The summed E-state index contributed by atoms with van der Waals surface area (Å²) in [6.45, 7) is 0. The molecule has 0 aliphatic rings. The summed E-state index contributed by atoms with van der Waals surface area (Å²) in [5.41, 5.74) is 5.04. The molecule has 0 aromatic rings. The first-order valence-corrected chi connectivity index (χ1v) is 3.13. The van der Waals surface area contributed by atoms with Crippen molar-refractivity contribution < 1.29 is 15.0 Å². The largest absolute Gasteiger partial charge is 0.480 e. The molecule has 0 aromatic heterocycles. The summed E-state index contributed by atoms with van der Waals surface area (Å²) in [6.07, 6.45) is -0.918. The van der Waals surface area contributed by atoms with Crippen molar-refractivity contribution in [2.45, 2.75) is 25.0 Å². The van der Waals surface area contributed by atoms with Gasteiger partial charge in [-0.3, -0.25) is 4.79 Å². The van der Waals surface area contributed by atoms with Crippen LogP contribution >= 0.6 is 0 Å². The first kappa shape index (κ1) is 9.88. The SMILES string of the molecule is N#CCC[C@H](O)[C@H](N)C(=O)O. The van der Waals surface area contributed by atoms with E-state index < -0.39 is 18.1 Å². The van der Waals surface area contributed by atoms with Gasteiger partial charge in [-0.1, -0.05) is 0 Å². The van der Waals surface area contributed by atoms with Crippen LogP contribution in [-0.2, 0) is 4.79 Å². The van der Waals surface area contributed by atoms with E-state index in [0.717, 1.165) is 0 Å². The molecule has 62 valence electrons.